The van der Waals surface area contributed by atoms with Gasteiger partial charge in [-0.1, -0.05) is 23.7 Å². The number of benzene rings is 1. The predicted molar refractivity (Wildman–Crippen MR) is 38.6 cm³/mol. The first-order valence-electron chi connectivity index (χ1n) is 2.55. The van der Waals surface area contributed by atoms with E-state index in [2.05, 4.69) is 0 Å². The van der Waals surface area contributed by atoms with Gasteiger partial charge >= 0.3 is 51.4 Å². The van der Waals surface area contributed by atoms with Crippen LogP contribution in [0.5, 0.6) is 0 Å². The van der Waals surface area contributed by atoms with Gasteiger partial charge in [0.2, 0.25) is 0 Å². The molecule has 0 aromatic heterocycles. The fourth-order valence-electron chi connectivity index (χ4n) is 0.580. The summed E-state index contributed by atoms with van der Waals surface area (Å²) in [6.45, 7) is 0. The summed E-state index contributed by atoms with van der Waals surface area (Å²) in [6, 6.07) is 6.29. The Kier molecular flexibility index (Phi) is 6.49. The molecule has 0 N–H and O–H groups in total. The molecule has 11 heavy (non-hydrogen) atoms. The van der Waals surface area contributed by atoms with E-state index in [1.54, 1.807) is 12.1 Å². The number of rotatable bonds is 1. The van der Waals surface area contributed by atoms with E-state index in [9.17, 15) is 8.76 Å². The van der Waals surface area contributed by atoms with Crippen LogP contribution in [-0.2, 0) is 11.1 Å². The topological polar surface area (TPSA) is 40.1 Å². The summed E-state index contributed by atoms with van der Waals surface area (Å²) in [7, 11) is 0. The van der Waals surface area contributed by atoms with Crippen LogP contribution in [-0.4, -0.2) is 8.76 Å². The second-order valence-corrected chi connectivity index (χ2v) is 2.98. The van der Waals surface area contributed by atoms with E-state index >= 15 is 0 Å². The Morgan fingerprint density at radius 3 is 2.27 bits per heavy atom. The molecule has 1 rings (SSSR count). The van der Waals surface area contributed by atoms with E-state index in [0.717, 1.165) is 0 Å². The summed E-state index contributed by atoms with van der Waals surface area (Å²) < 4.78 is 20.7. The molecular formula is C6H4ClKO2S. The Bertz CT molecular complexity index is 267. The maximum Gasteiger partial charge on any atom is 1.00 e. The minimum atomic E-state index is -2.22. The predicted octanol–water partition coefficient (Wildman–Crippen LogP) is -1.42. The largest absolute Gasteiger partial charge is 1.00 e. The van der Waals surface area contributed by atoms with Gasteiger partial charge < -0.3 is 4.55 Å². The molecule has 0 saturated carbocycles. The second-order valence-electron chi connectivity index (χ2n) is 1.67. The minimum Gasteiger partial charge on any atom is -0.768 e. The fourth-order valence-corrected chi connectivity index (χ4v) is 1.32. The normalized spacial score (nSPS) is 11.8. The van der Waals surface area contributed by atoms with Crippen LogP contribution in [0.3, 0.4) is 0 Å². The Balaban J connectivity index is 0.000001000. The third kappa shape index (κ3) is 3.65. The van der Waals surface area contributed by atoms with Crippen LogP contribution >= 0.6 is 11.6 Å². The standard InChI is InChI=1S/C6H5ClO2S.K/c7-5-3-1-2-4-6(5)10(8)9;/h1-4H,(H,8,9);/q;+1/p-1. The third-order valence-electron chi connectivity index (χ3n) is 1.02. The van der Waals surface area contributed by atoms with Crippen LogP contribution in [0.15, 0.2) is 29.2 Å². The van der Waals surface area contributed by atoms with E-state index in [1.807, 2.05) is 0 Å². The maximum atomic E-state index is 10.3. The van der Waals surface area contributed by atoms with Gasteiger partial charge in [-0.25, -0.2) is 0 Å². The Morgan fingerprint density at radius 1 is 1.36 bits per heavy atom. The molecule has 0 spiro atoms. The first kappa shape index (κ1) is 12.3. The number of halogens is 1. The van der Waals surface area contributed by atoms with Crippen LogP contribution in [0.25, 0.3) is 0 Å². The summed E-state index contributed by atoms with van der Waals surface area (Å²) in [5, 5.41) is 0.260. The van der Waals surface area contributed by atoms with Crippen molar-refractivity contribution < 1.29 is 60.1 Å². The van der Waals surface area contributed by atoms with Crippen molar-refractivity contribution in [2.75, 3.05) is 0 Å². The van der Waals surface area contributed by atoms with Crippen LogP contribution in [0.1, 0.15) is 0 Å². The molecule has 0 fully saturated rings. The molecule has 1 aromatic rings. The van der Waals surface area contributed by atoms with E-state index in [1.165, 1.54) is 12.1 Å². The van der Waals surface area contributed by atoms with Gasteiger partial charge in [0.05, 0.1) is 5.02 Å². The zero-order valence-corrected chi connectivity index (χ0v) is 10.6. The summed E-state index contributed by atoms with van der Waals surface area (Å²) in [6.07, 6.45) is 0. The van der Waals surface area contributed by atoms with Crippen molar-refractivity contribution >= 4 is 22.7 Å². The monoisotopic (exact) mass is 214 g/mol. The molecule has 1 atom stereocenters. The Morgan fingerprint density at radius 2 is 1.91 bits per heavy atom. The second kappa shape index (κ2) is 5.83. The van der Waals surface area contributed by atoms with E-state index in [4.69, 9.17) is 11.6 Å². The van der Waals surface area contributed by atoms with Crippen molar-refractivity contribution in [2.24, 2.45) is 0 Å². The number of hydrogen-bond acceptors (Lipinski definition) is 2. The molecule has 0 heterocycles. The molecular weight excluding hydrogens is 211 g/mol. The smallest absolute Gasteiger partial charge is 0.768 e. The van der Waals surface area contributed by atoms with Crippen LogP contribution in [0, 0.1) is 0 Å². The summed E-state index contributed by atoms with van der Waals surface area (Å²) in [4.78, 5) is 0.143. The molecule has 0 aliphatic rings. The average Bonchev–Trinajstić information content (AvgIpc) is 1.88. The molecule has 54 valence electrons. The first-order chi connectivity index (χ1) is 4.72. The van der Waals surface area contributed by atoms with Gasteiger partial charge in [-0.2, -0.15) is 0 Å². The number of hydrogen-bond donors (Lipinski definition) is 0. The van der Waals surface area contributed by atoms with E-state index in [0.29, 0.717) is 0 Å². The summed E-state index contributed by atoms with van der Waals surface area (Å²) >= 11 is 3.30. The van der Waals surface area contributed by atoms with Gasteiger partial charge in [0.25, 0.3) is 0 Å². The molecule has 0 aliphatic heterocycles. The Hall–Kier alpha value is 1.26. The third-order valence-corrected chi connectivity index (χ3v) is 2.17. The molecule has 0 saturated heterocycles. The molecule has 1 unspecified atom stereocenters. The first-order valence-corrected chi connectivity index (χ1v) is 4.01. The zero-order chi connectivity index (χ0) is 7.56. The van der Waals surface area contributed by atoms with Crippen molar-refractivity contribution in [3.8, 4) is 0 Å². The molecule has 0 bridgehead atoms. The van der Waals surface area contributed by atoms with Gasteiger partial charge in [-0.05, 0) is 23.2 Å². The van der Waals surface area contributed by atoms with Crippen molar-refractivity contribution in [1.29, 1.82) is 0 Å². The van der Waals surface area contributed by atoms with Crippen molar-refractivity contribution in [2.45, 2.75) is 4.90 Å². The van der Waals surface area contributed by atoms with Crippen molar-refractivity contribution in [3.63, 3.8) is 0 Å². The van der Waals surface area contributed by atoms with Gasteiger partial charge in [0, 0.05) is 4.90 Å². The van der Waals surface area contributed by atoms with Gasteiger partial charge in [-0.3, -0.25) is 4.21 Å². The van der Waals surface area contributed by atoms with Crippen LogP contribution < -0.4 is 51.4 Å². The molecule has 0 aliphatic carbocycles. The molecule has 0 amide bonds. The van der Waals surface area contributed by atoms with E-state index < -0.39 is 11.1 Å². The summed E-state index contributed by atoms with van der Waals surface area (Å²) in [5.74, 6) is 0. The van der Waals surface area contributed by atoms with Crippen LogP contribution in [0.2, 0.25) is 5.02 Å². The van der Waals surface area contributed by atoms with Crippen molar-refractivity contribution in [3.05, 3.63) is 29.3 Å². The minimum absolute atomic E-state index is 0. The summed E-state index contributed by atoms with van der Waals surface area (Å²) in [5.41, 5.74) is 0. The SMILES string of the molecule is O=S([O-])c1ccccc1Cl.[K+]. The van der Waals surface area contributed by atoms with Gasteiger partial charge in [-0.15, -0.1) is 0 Å². The Labute approximate surface area is 115 Å². The zero-order valence-electron chi connectivity index (χ0n) is 5.91. The fraction of sp³-hybridized carbons (Fsp3) is 0. The molecule has 2 nitrogen and oxygen atoms in total. The van der Waals surface area contributed by atoms with Crippen molar-refractivity contribution in [1.82, 2.24) is 0 Å². The quantitative estimate of drug-likeness (QED) is 0.426. The van der Waals surface area contributed by atoms with Gasteiger partial charge in [0.1, 0.15) is 0 Å². The maximum absolute atomic E-state index is 10.3. The average molecular weight is 215 g/mol. The van der Waals surface area contributed by atoms with Crippen LogP contribution in [0.4, 0.5) is 0 Å². The molecule has 5 heteroatoms. The molecule has 0 radical (unpaired) electrons. The van der Waals surface area contributed by atoms with Gasteiger partial charge in [0.15, 0.2) is 0 Å². The molecule has 1 aromatic carbocycles. The van der Waals surface area contributed by atoms with E-state index in [-0.39, 0.29) is 61.3 Å².